The van der Waals surface area contributed by atoms with Gasteiger partial charge < -0.3 is 19.3 Å². The van der Waals surface area contributed by atoms with Gasteiger partial charge in [0.05, 0.1) is 6.42 Å². The Labute approximate surface area is 148 Å². The summed E-state index contributed by atoms with van der Waals surface area (Å²) in [5, 5.41) is 0. The number of hydrogen-bond acceptors (Lipinski definition) is 4. The minimum absolute atomic E-state index is 0.0945. The van der Waals surface area contributed by atoms with Gasteiger partial charge in [0, 0.05) is 32.6 Å². The van der Waals surface area contributed by atoms with Gasteiger partial charge in [0.2, 0.25) is 18.6 Å². The highest BCUT2D eigenvalue weighted by Crippen LogP contribution is 2.32. The number of fused-ring (bicyclic) bond motifs is 1. The van der Waals surface area contributed by atoms with E-state index in [1.165, 1.54) is 0 Å². The lowest BCUT2D eigenvalue weighted by Crippen LogP contribution is -2.38. The largest absolute Gasteiger partial charge is 0.454 e. The van der Waals surface area contributed by atoms with Crippen molar-refractivity contribution in [1.82, 2.24) is 9.80 Å². The van der Waals surface area contributed by atoms with Crippen molar-refractivity contribution in [2.75, 3.05) is 33.0 Å². The molecule has 25 heavy (non-hydrogen) atoms. The topological polar surface area (TPSA) is 59.1 Å². The molecule has 0 unspecified atom stereocenters. The normalized spacial score (nSPS) is 16.9. The van der Waals surface area contributed by atoms with E-state index in [4.69, 9.17) is 9.47 Å². The van der Waals surface area contributed by atoms with E-state index in [0.717, 1.165) is 24.3 Å². The second-order valence-electron chi connectivity index (χ2n) is 7.08. The predicted octanol–water partition coefficient (Wildman–Crippen LogP) is 2.06. The second-order valence-corrected chi connectivity index (χ2v) is 7.08. The van der Waals surface area contributed by atoms with E-state index >= 15 is 0 Å². The second kappa shape index (κ2) is 7.76. The van der Waals surface area contributed by atoms with Crippen molar-refractivity contribution in [2.24, 2.45) is 5.92 Å². The van der Waals surface area contributed by atoms with Crippen LogP contribution in [-0.2, 0) is 16.0 Å². The van der Waals surface area contributed by atoms with Gasteiger partial charge in [-0.2, -0.15) is 0 Å². The number of ether oxygens (including phenoxy) is 2. The third kappa shape index (κ3) is 4.44. The molecule has 2 amide bonds. The molecule has 1 fully saturated rings. The average Bonchev–Trinajstić information content (AvgIpc) is 2.88. The van der Waals surface area contributed by atoms with E-state index in [0.29, 0.717) is 44.1 Å². The molecule has 136 valence electrons. The van der Waals surface area contributed by atoms with Gasteiger partial charge in [-0.15, -0.1) is 0 Å². The summed E-state index contributed by atoms with van der Waals surface area (Å²) in [4.78, 5) is 28.6. The molecule has 0 N–H and O–H groups in total. The van der Waals surface area contributed by atoms with Gasteiger partial charge >= 0.3 is 0 Å². The Hall–Kier alpha value is -2.24. The van der Waals surface area contributed by atoms with E-state index in [1.54, 1.807) is 0 Å². The zero-order valence-electron chi connectivity index (χ0n) is 15.0. The highest BCUT2D eigenvalue weighted by atomic mass is 16.7. The van der Waals surface area contributed by atoms with E-state index in [2.05, 4.69) is 13.8 Å². The molecule has 2 heterocycles. The van der Waals surface area contributed by atoms with Crippen LogP contribution in [0.1, 0.15) is 32.3 Å². The molecule has 2 aliphatic heterocycles. The van der Waals surface area contributed by atoms with Crippen molar-refractivity contribution in [3.05, 3.63) is 23.8 Å². The molecule has 6 heteroatoms. The Morgan fingerprint density at radius 1 is 1.00 bits per heavy atom. The van der Waals surface area contributed by atoms with Crippen LogP contribution in [0.3, 0.4) is 0 Å². The number of carbonyl (C=O) groups is 2. The Morgan fingerprint density at radius 2 is 1.68 bits per heavy atom. The maximum absolute atomic E-state index is 12.6. The summed E-state index contributed by atoms with van der Waals surface area (Å²) < 4.78 is 10.7. The third-order valence-electron chi connectivity index (χ3n) is 4.58. The third-order valence-corrected chi connectivity index (χ3v) is 4.58. The van der Waals surface area contributed by atoms with E-state index < -0.39 is 0 Å². The van der Waals surface area contributed by atoms with E-state index in [-0.39, 0.29) is 18.6 Å². The molecule has 0 radical (unpaired) electrons. The molecule has 3 rings (SSSR count). The lowest BCUT2D eigenvalue weighted by molar-refractivity contribution is -0.133. The maximum atomic E-state index is 12.6. The molecule has 1 saturated heterocycles. The molecule has 0 aromatic heterocycles. The number of nitrogens with zero attached hydrogens (tertiary/aromatic N) is 2. The van der Waals surface area contributed by atoms with Crippen LogP contribution in [0.2, 0.25) is 0 Å². The van der Waals surface area contributed by atoms with E-state index in [1.807, 2.05) is 28.0 Å². The quantitative estimate of drug-likeness (QED) is 0.837. The molecule has 0 spiro atoms. The number of amides is 2. The minimum atomic E-state index is 0.0945. The molecule has 6 nitrogen and oxygen atoms in total. The summed E-state index contributed by atoms with van der Waals surface area (Å²) >= 11 is 0. The van der Waals surface area contributed by atoms with Crippen molar-refractivity contribution >= 4 is 11.8 Å². The molecule has 1 aromatic rings. The maximum Gasteiger partial charge on any atom is 0.231 e. The van der Waals surface area contributed by atoms with Gasteiger partial charge in [-0.1, -0.05) is 19.9 Å². The van der Waals surface area contributed by atoms with Gasteiger partial charge in [0.1, 0.15) is 0 Å². The van der Waals surface area contributed by atoms with Crippen LogP contribution < -0.4 is 9.47 Å². The van der Waals surface area contributed by atoms with Crippen LogP contribution in [0.4, 0.5) is 0 Å². The molecular formula is C19H26N2O4. The van der Waals surface area contributed by atoms with Crippen LogP contribution in [0.15, 0.2) is 18.2 Å². The number of benzene rings is 1. The fourth-order valence-electron chi connectivity index (χ4n) is 3.23. The zero-order chi connectivity index (χ0) is 17.8. The predicted molar refractivity (Wildman–Crippen MR) is 93.5 cm³/mol. The number of hydrogen-bond donors (Lipinski definition) is 0. The van der Waals surface area contributed by atoms with Crippen LogP contribution in [0, 0.1) is 5.92 Å². The van der Waals surface area contributed by atoms with Crippen molar-refractivity contribution in [2.45, 2.75) is 33.1 Å². The summed E-state index contributed by atoms with van der Waals surface area (Å²) in [5.74, 6) is 2.08. The Morgan fingerprint density at radius 3 is 2.40 bits per heavy atom. The monoisotopic (exact) mass is 346 g/mol. The summed E-state index contributed by atoms with van der Waals surface area (Å²) in [5.41, 5.74) is 0.922. The van der Waals surface area contributed by atoms with Gasteiger partial charge in [-0.3, -0.25) is 9.59 Å². The first-order chi connectivity index (χ1) is 12.0. The first kappa shape index (κ1) is 17.6. The lowest BCUT2D eigenvalue weighted by atomic mass is 10.1. The van der Waals surface area contributed by atoms with Crippen LogP contribution in [-0.4, -0.2) is 54.6 Å². The van der Waals surface area contributed by atoms with Gasteiger partial charge in [-0.05, 0) is 30.0 Å². The van der Waals surface area contributed by atoms with Crippen molar-refractivity contribution in [3.8, 4) is 11.5 Å². The molecule has 0 saturated carbocycles. The van der Waals surface area contributed by atoms with Crippen LogP contribution in [0.5, 0.6) is 11.5 Å². The molecule has 0 atom stereocenters. The molecule has 0 bridgehead atoms. The van der Waals surface area contributed by atoms with Crippen molar-refractivity contribution < 1.29 is 19.1 Å². The Kier molecular flexibility index (Phi) is 5.46. The zero-order valence-corrected chi connectivity index (χ0v) is 15.0. The molecular weight excluding hydrogens is 320 g/mol. The van der Waals surface area contributed by atoms with Gasteiger partial charge in [0.25, 0.3) is 0 Å². The SMILES string of the molecule is CC(C)CC(=O)N1CCCN(C(=O)Cc2ccc3c(c2)OCO3)CC1. The summed E-state index contributed by atoms with van der Waals surface area (Å²) in [6.45, 7) is 7.01. The summed E-state index contributed by atoms with van der Waals surface area (Å²) in [6, 6.07) is 5.62. The van der Waals surface area contributed by atoms with Crippen molar-refractivity contribution in [3.63, 3.8) is 0 Å². The fourth-order valence-corrected chi connectivity index (χ4v) is 3.23. The number of carbonyl (C=O) groups excluding carboxylic acids is 2. The van der Waals surface area contributed by atoms with Crippen LogP contribution >= 0.6 is 0 Å². The smallest absolute Gasteiger partial charge is 0.231 e. The first-order valence-electron chi connectivity index (χ1n) is 8.97. The average molecular weight is 346 g/mol. The lowest BCUT2D eigenvalue weighted by Gasteiger charge is -2.23. The Bertz CT molecular complexity index is 644. The minimum Gasteiger partial charge on any atom is -0.454 e. The summed E-state index contributed by atoms with van der Waals surface area (Å²) in [6.07, 6.45) is 1.75. The standard InChI is InChI=1S/C19H26N2O4/c1-14(2)10-18(22)20-6-3-7-21(9-8-20)19(23)12-15-4-5-16-17(11-15)25-13-24-16/h4-5,11,14H,3,6-10,12-13H2,1-2H3. The first-order valence-corrected chi connectivity index (χ1v) is 8.97. The fraction of sp³-hybridized carbons (Fsp3) is 0.579. The van der Waals surface area contributed by atoms with Crippen molar-refractivity contribution in [1.29, 1.82) is 0 Å². The van der Waals surface area contributed by atoms with Gasteiger partial charge in [-0.25, -0.2) is 0 Å². The van der Waals surface area contributed by atoms with Crippen LogP contribution in [0.25, 0.3) is 0 Å². The van der Waals surface area contributed by atoms with Gasteiger partial charge in [0.15, 0.2) is 11.5 Å². The van der Waals surface area contributed by atoms with E-state index in [9.17, 15) is 9.59 Å². The molecule has 0 aliphatic carbocycles. The highest BCUT2D eigenvalue weighted by Gasteiger charge is 2.23. The Balaban J connectivity index is 1.55. The summed E-state index contributed by atoms with van der Waals surface area (Å²) in [7, 11) is 0. The molecule has 2 aliphatic rings. The molecule has 1 aromatic carbocycles. The highest BCUT2D eigenvalue weighted by molar-refractivity contribution is 5.79. The number of rotatable bonds is 4.